The van der Waals surface area contributed by atoms with Crippen molar-refractivity contribution in [2.45, 2.75) is 26.9 Å². The number of rotatable bonds is 3. The second kappa shape index (κ2) is 9.61. The van der Waals surface area contributed by atoms with Crippen LogP contribution in [0.4, 0.5) is 13.2 Å². The fraction of sp³-hybridized carbons (Fsp3) is 0.312. The van der Waals surface area contributed by atoms with Crippen molar-refractivity contribution in [3.63, 3.8) is 0 Å². The van der Waals surface area contributed by atoms with Gasteiger partial charge in [-0.1, -0.05) is 0 Å². The molecule has 0 fully saturated rings. The maximum absolute atomic E-state index is 13.7. The van der Waals surface area contributed by atoms with E-state index in [0.29, 0.717) is 0 Å². The lowest BCUT2D eigenvalue weighted by Gasteiger charge is -2.35. The van der Waals surface area contributed by atoms with E-state index in [1.165, 1.54) is 18.9 Å². The van der Waals surface area contributed by atoms with Gasteiger partial charge >= 0.3 is 5.97 Å². The first-order valence-corrected chi connectivity index (χ1v) is 7.26. The summed E-state index contributed by atoms with van der Waals surface area (Å²) in [6.07, 6.45) is -0.677. The fourth-order valence-corrected chi connectivity index (χ4v) is 2.52. The molecule has 1 N–H and O–H groups in total. The zero-order valence-electron chi connectivity index (χ0n) is 14.8. The van der Waals surface area contributed by atoms with E-state index in [2.05, 4.69) is 10.4 Å². The normalized spacial score (nSPS) is 16.0. The third-order valence-electron chi connectivity index (χ3n) is 3.52. The van der Waals surface area contributed by atoms with Crippen LogP contribution in [0.1, 0.15) is 26.3 Å². The lowest BCUT2D eigenvalue weighted by molar-refractivity contribution is -0.135. The van der Waals surface area contributed by atoms with Crippen molar-refractivity contribution in [3.05, 3.63) is 40.7 Å². The Morgan fingerprint density at radius 2 is 1.70 bits per heavy atom. The smallest absolute Gasteiger partial charge is 0.341 e. The van der Waals surface area contributed by atoms with Crippen LogP contribution in [0.3, 0.4) is 0 Å². The van der Waals surface area contributed by atoms with Gasteiger partial charge < -0.3 is 4.74 Å². The molecule has 1 aromatic rings. The first-order valence-electron chi connectivity index (χ1n) is 7.26. The van der Waals surface area contributed by atoms with Gasteiger partial charge in [0.15, 0.2) is 17.5 Å². The molecule has 1 aliphatic rings. The molecule has 11 heteroatoms. The number of benzene rings is 1. The Kier molecular flexibility index (Phi) is 8.81. The summed E-state index contributed by atoms with van der Waals surface area (Å²) in [4.78, 5) is 27.9. The molecule has 1 amide bonds. The summed E-state index contributed by atoms with van der Waals surface area (Å²) in [5.74, 6) is -5.80. The number of esters is 1. The van der Waals surface area contributed by atoms with Crippen LogP contribution in [0.2, 0.25) is 0 Å². The highest BCUT2D eigenvalue weighted by atomic mass is 35.5. The van der Waals surface area contributed by atoms with Gasteiger partial charge in [-0.05, 0) is 26.0 Å². The number of hydrogen-bond donors (Lipinski definition) is 1. The zero-order chi connectivity index (χ0) is 18.9. The van der Waals surface area contributed by atoms with Crippen molar-refractivity contribution in [1.29, 1.82) is 0 Å². The number of halogens is 5. The second-order valence-electron chi connectivity index (χ2n) is 5.35. The fourth-order valence-electron chi connectivity index (χ4n) is 2.52. The van der Waals surface area contributed by atoms with Crippen LogP contribution >= 0.6 is 24.8 Å². The summed E-state index contributed by atoms with van der Waals surface area (Å²) in [5, 5.41) is 1.17. The summed E-state index contributed by atoms with van der Waals surface area (Å²) < 4.78 is 45.4. The number of aliphatic imine (C=N–C) groups is 1. The first-order chi connectivity index (χ1) is 11.7. The van der Waals surface area contributed by atoms with Crippen LogP contribution in [0, 0.1) is 17.5 Å². The van der Waals surface area contributed by atoms with E-state index in [1.54, 1.807) is 6.92 Å². The molecule has 1 aliphatic heterocycles. The minimum absolute atomic E-state index is 0. The summed E-state index contributed by atoms with van der Waals surface area (Å²) >= 11 is 0. The predicted octanol–water partition coefficient (Wildman–Crippen LogP) is 3.01. The molecule has 0 aromatic heterocycles. The van der Waals surface area contributed by atoms with Gasteiger partial charge in [0.1, 0.15) is 11.7 Å². The van der Waals surface area contributed by atoms with E-state index >= 15 is 0 Å². The molecule has 0 aliphatic carbocycles. The molecular weight excluding hydrogens is 410 g/mol. The molecule has 1 aromatic carbocycles. The summed E-state index contributed by atoms with van der Waals surface area (Å²) in [6.45, 7) is 4.34. The Hall–Kier alpha value is -2.26. The van der Waals surface area contributed by atoms with E-state index in [-0.39, 0.29) is 47.4 Å². The van der Waals surface area contributed by atoms with Gasteiger partial charge in [0.05, 0.1) is 18.5 Å². The van der Waals surface area contributed by atoms with E-state index < -0.39 is 35.5 Å². The topological polar surface area (TPSA) is 71.0 Å². The number of carbonyl (C=O) groups is 2. The molecule has 2 rings (SSSR count). The third-order valence-corrected chi connectivity index (χ3v) is 3.52. The van der Waals surface area contributed by atoms with Gasteiger partial charge in [-0.2, -0.15) is 0 Å². The van der Waals surface area contributed by atoms with Gasteiger partial charge in [-0.25, -0.2) is 18.0 Å². The van der Waals surface area contributed by atoms with Crippen LogP contribution < -0.4 is 5.43 Å². The first kappa shape index (κ1) is 24.7. The molecule has 1 heterocycles. The van der Waals surface area contributed by atoms with Gasteiger partial charge in [0.25, 0.3) is 0 Å². The molecule has 0 spiro atoms. The SMILES string of the molecule is COC(=O)C1=C(c2cc(F)c(F)c(F)c2)N(NC(C)=O)C(C)N=C1C.Cl.Cl. The molecule has 0 bridgehead atoms. The van der Waals surface area contributed by atoms with Crippen molar-refractivity contribution in [1.82, 2.24) is 10.4 Å². The number of amides is 1. The number of nitrogens with one attached hydrogen (secondary N) is 1. The molecule has 6 nitrogen and oxygen atoms in total. The quantitative estimate of drug-likeness (QED) is 0.594. The van der Waals surface area contributed by atoms with Crippen LogP contribution in [-0.4, -0.2) is 35.9 Å². The largest absolute Gasteiger partial charge is 0.465 e. The number of ether oxygens (including phenoxy) is 1. The van der Waals surface area contributed by atoms with E-state index in [9.17, 15) is 22.8 Å². The lowest BCUT2D eigenvalue weighted by Crippen LogP contribution is -2.48. The number of methoxy groups -OCH3 is 1. The van der Waals surface area contributed by atoms with Crippen molar-refractivity contribution in [2.75, 3.05) is 7.11 Å². The molecule has 1 atom stereocenters. The highest BCUT2D eigenvalue weighted by molar-refractivity contribution is 6.24. The Labute approximate surface area is 166 Å². The highest BCUT2D eigenvalue weighted by Gasteiger charge is 2.33. The summed E-state index contributed by atoms with van der Waals surface area (Å²) in [5.41, 5.74) is 2.41. The maximum atomic E-state index is 13.7. The van der Waals surface area contributed by atoms with Gasteiger partial charge in [0, 0.05) is 12.5 Å². The average Bonchev–Trinajstić information content (AvgIpc) is 2.53. The van der Waals surface area contributed by atoms with Crippen LogP contribution in [0.5, 0.6) is 0 Å². The van der Waals surface area contributed by atoms with Gasteiger partial charge in [-0.3, -0.25) is 20.2 Å². The lowest BCUT2D eigenvalue weighted by atomic mass is 10.00. The third kappa shape index (κ3) is 4.92. The molecular formula is C16H18Cl2F3N3O3. The molecule has 1 unspecified atom stereocenters. The van der Waals surface area contributed by atoms with Crippen LogP contribution in [0.15, 0.2) is 22.7 Å². The van der Waals surface area contributed by atoms with E-state index in [4.69, 9.17) is 4.74 Å². The Morgan fingerprint density at radius 1 is 1.19 bits per heavy atom. The van der Waals surface area contributed by atoms with Crippen LogP contribution in [-0.2, 0) is 14.3 Å². The predicted molar refractivity (Wildman–Crippen MR) is 98.0 cm³/mol. The number of hydrogen-bond acceptors (Lipinski definition) is 5. The molecule has 0 radical (unpaired) electrons. The number of carbonyl (C=O) groups excluding carboxylic acids is 2. The maximum Gasteiger partial charge on any atom is 0.341 e. The van der Waals surface area contributed by atoms with Crippen molar-refractivity contribution in [2.24, 2.45) is 4.99 Å². The standard InChI is InChI=1S/C16H16F3N3O3.2ClH/c1-7-13(16(24)25-4)15(22(8(2)20-7)21-9(3)23)10-5-11(17)14(19)12(18)6-10;;/h5-6,8H,1-4H3,(H,21,23);2*1H. The van der Waals surface area contributed by atoms with E-state index in [0.717, 1.165) is 19.2 Å². The van der Waals surface area contributed by atoms with Crippen molar-refractivity contribution < 1.29 is 27.5 Å². The molecule has 150 valence electrons. The summed E-state index contributed by atoms with van der Waals surface area (Å²) in [6, 6.07) is 1.47. The van der Waals surface area contributed by atoms with Crippen molar-refractivity contribution in [3.8, 4) is 0 Å². The second-order valence-corrected chi connectivity index (χ2v) is 5.35. The minimum atomic E-state index is -1.63. The molecule has 0 saturated heterocycles. The molecule has 27 heavy (non-hydrogen) atoms. The molecule has 0 saturated carbocycles. The Morgan fingerprint density at radius 3 is 2.15 bits per heavy atom. The number of nitrogens with zero attached hydrogens (tertiary/aromatic N) is 2. The minimum Gasteiger partial charge on any atom is -0.465 e. The highest BCUT2D eigenvalue weighted by Crippen LogP contribution is 2.31. The monoisotopic (exact) mass is 427 g/mol. The van der Waals surface area contributed by atoms with E-state index in [1.807, 2.05) is 0 Å². The Bertz CT molecular complexity index is 792. The zero-order valence-corrected chi connectivity index (χ0v) is 16.4. The van der Waals surface area contributed by atoms with Gasteiger partial charge in [0.2, 0.25) is 5.91 Å². The average molecular weight is 428 g/mol. The van der Waals surface area contributed by atoms with Crippen LogP contribution in [0.25, 0.3) is 5.70 Å². The number of hydrazine groups is 1. The van der Waals surface area contributed by atoms with Gasteiger partial charge in [-0.15, -0.1) is 24.8 Å². The van der Waals surface area contributed by atoms with Crippen molar-refractivity contribution >= 4 is 48.1 Å². The Balaban J connectivity index is 0.00000338. The summed E-state index contributed by atoms with van der Waals surface area (Å²) in [7, 11) is 1.13.